The van der Waals surface area contributed by atoms with E-state index in [1.165, 1.54) is 12.1 Å². The van der Waals surface area contributed by atoms with Gasteiger partial charge in [-0.25, -0.2) is 4.39 Å². The van der Waals surface area contributed by atoms with Crippen LogP contribution in [0.1, 0.15) is 18.5 Å². The maximum atomic E-state index is 12.9. The highest BCUT2D eigenvalue weighted by molar-refractivity contribution is 6.31. The zero-order valence-electron chi connectivity index (χ0n) is 9.45. The molecule has 0 amide bonds. The summed E-state index contributed by atoms with van der Waals surface area (Å²) < 4.78 is 12.9. The maximum absolute atomic E-state index is 12.9. The van der Waals surface area contributed by atoms with Crippen LogP contribution in [0.2, 0.25) is 5.02 Å². The van der Waals surface area contributed by atoms with Gasteiger partial charge in [0.2, 0.25) is 0 Å². The molecule has 0 aliphatic carbocycles. The van der Waals surface area contributed by atoms with Crippen LogP contribution in [0.15, 0.2) is 48.5 Å². The van der Waals surface area contributed by atoms with E-state index in [1.54, 1.807) is 6.07 Å². The Morgan fingerprint density at radius 3 is 2.47 bits per heavy atom. The van der Waals surface area contributed by atoms with Crippen molar-refractivity contribution in [3.63, 3.8) is 0 Å². The predicted molar refractivity (Wildman–Crippen MR) is 69.9 cm³/mol. The summed E-state index contributed by atoms with van der Waals surface area (Å²) in [5.41, 5.74) is 1.90. The molecule has 0 aliphatic heterocycles. The van der Waals surface area contributed by atoms with Gasteiger partial charge in [0.25, 0.3) is 0 Å². The molecule has 3 heteroatoms. The molecular weight excluding hydrogens is 237 g/mol. The molecule has 0 aliphatic rings. The lowest BCUT2D eigenvalue weighted by Gasteiger charge is -2.17. The highest BCUT2D eigenvalue weighted by atomic mass is 35.5. The molecule has 0 saturated carbocycles. The monoisotopic (exact) mass is 249 g/mol. The number of rotatable bonds is 3. The molecule has 17 heavy (non-hydrogen) atoms. The summed E-state index contributed by atoms with van der Waals surface area (Å²) in [6.07, 6.45) is 0. The van der Waals surface area contributed by atoms with Crippen molar-refractivity contribution in [1.82, 2.24) is 0 Å². The summed E-state index contributed by atoms with van der Waals surface area (Å²) in [5, 5.41) is 3.76. The van der Waals surface area contributed by atoms with Crippen LogP contribution in [-0.4, -0.2) is 0 Å². The number of para-hydroxylation sites is 1. The Kier molecular flexibility index (Phi) is 3.64. The molecule has 0 bridgehead atoms. The first-order valence-electron chi connectivity index (χ1n) is 5.43. The van der Waals surface area contributed by atoms with E-state index >= 15 is 0 Å². The lowest BCUT2D eigenvalue weighted by Crippen LogP contribution is -2.07. The molecule has 0 radical (unpaired) electrons. The van der Waals surface area contributed by atoms with Crippen molar-refractivity contribution in [3.8, 4) is 0 Å². The first kappa shape index (κ1) is 11.9. The summed E-state index contributed by atoms with van der Waals surface area (Å²) in [5.74, 6) is -0.314. The maximum Gasteiger partial charge on any atom is 0.124 e. The quantitative estimate of drug-likeness (QED) is 0.835. The minimum atomic E-state index is -0.314. The second kappa shape index (κ2) is 5.19. The topological polar surface area (TPSA) is 12.0 Å². The van der Waals surface area contributed by atoms with Crippen molar-refractivity contribution in [2.75, 3.05) is 5.32 Å². The summed E-state index contributed by atoms with van der Waals surface area (Å²) in [6.45, 7) is 1.99. The van der Waals surface area contributed by atoms with Gasteiger partial charge in [0, 0.05) is 16.8 Å². The molecule has 0 aromatic heterocycles. The van der Waals surface area contributed by atoms with Crippen molar-refractivity contribution in [2.45, 2.75) is 13.0 Å². The minimum absolute atomic E-state index is 0.0329. The van der Waals surface area contributed by atoms with E-state index in [-0.39, 0.29) is 11.9 Å². The largest absolute Gasteiger partial charge is 0.378 e. The molecule has 2 rings (SSSR count). The van der Waals surface area contributed by atoms with Gasteiger partial charge in [0.15, 0.2) is 0 Å². The molecule has 2 aromatic rings. The summed E-state index contributed by atoms with van der Waals surface area (Å²) in [7, 11) is 0. The highest BCUT2D eigenvalue weighted by Crippen LogP contribution is 2.26. The second-order valence-electron chi connectivity index (χ2n) is 3.90. The van der Waals surface area contributed by atoms with Gasteiger partial charge < -0.3 is 5.32 Å². The lowest BCUT2D eigenvalue weighted by atomic mass is 10.1. The zero-order chi connectivity index (χ0) is 12.3. The van der Waals surface area contributed by atoms with E-state index in [1.807, 2.05) is 37.3 Å². The van der Waals surface area contributed by atoms with Gasteiger partial charge in [0.05, 0.1) is 0 Å². The van der Waals surface area contributed by atoms with E-state index in [2.05, 4.69) is 5.32 Å². The summed E-state index contributed by atoms with van der Waals surface area (Å²) in [4.78, 5) is 0. The van der Waals surface area contributed by atoms with E-state index < -0.39 is 0 Å². The van der Waals surface area contributed by atoms with Crippen molar-refractivity contribution in [3.05, 3.63) is 64.9 Å². The van der Waals surface area contributed by atoms with Gasteiger partial charge >= 0.3 is 0 Å². The number of hydrogen-bond acceptors (Lipinski definition) is 1. The Morgan fingerprint density at radius 2 is 1.82 bits per heavy atom. The predicted octanol–water partition coefficient (Wildman–Crippen LogP) is 4.65. The summed E-state index contributed by atoms with van der Waals surface area (Å²) >= 11 is 6.01. The van der Waals surface area contributed by atoms with Crippen LogP contribution < -0.4 is 5.32 Å². The normalized spacial score (nSPS) is 12.2. The highest BCUT2D eigenvalue weighted by Gasteiger charge is 2.09. The van der Waals surface area contributed by atoms with Crippen LogP contribution >= 0.6 is 11.6 Å². The average molecular weight is 250 g/mol. The fraction of sp³-hybridized carbons (Fsp3) is 0.143. The van der Waals surface area contributed by atoms with Crippen LogP contribution in [0.25, 0.3) is 0 Å². The molecule has 0 heterocycles. The molecule has 1 unspecified atom stereocenters. The van der Waals surface area contributed by atoms with Crippen LogP contribution in [0, 0.1) is 5.82 Å². The fourth-order valence-electron chi connectivity index (χ4n) is 1.71. The molecule has 88 valence electrons. The van der Waals surface area contributed by atoms with E-state index in [4.69, 9.17) is 11.6 Å². The van der Waals surface area contributed by atoms with Crippen LogP contribution in [-0.2, 0) is 0 Å². The minimum Gasteiger partial charge on any atom is -0.378 e. The van der Waals surface area contributed by atoms with Crippen LogP contribution in [0.4, 0.5) is 10.1 Å². The van der Waals surface area contributed by atoms with E-state index in [9.17, 15) is 4.39 Å². The summed E-state index contributed by atoms with van der Waals surface area (Å²) in [6, 6.07) is 14.3. The Bertz CT molecular complexity index is 499. The van der Waals surface area contributed by atoms with Gasteiger partial charge in [-0.1, -0.05) is 35.9 Å². The van der Waals surface area contributed by atoms with Gasteiger partial charge in [0.1, 0.15) is 5.82 Å². The standard InChI is InChI=1S/C14H13ClFN/c1-10(17-12-5-3-2-4-6-12)13-8-7-11(16)9-14(13)15/h2-10,17H,1H3. The molecule has 1 N–H and O–H groups in total. The number of halogens is 2. The number of anilines is 1. The van der Waals surface area contributed by atoms with Gasteiger partial charge in [-0.05, 0) is 36.8 Å². The molecule has 2 aromatic carbocycles. The number of hydrogen-bond donors (Lipinski definition) is 1. The molecule has 0 spiro atoms. The van der Waals surface area contributed by atoms with Crippen LogP contribution in [0.5, 0.6) is 0 Å². The second-order valence-corrected chi connectivity index (χ2v) is 4.31. The van der Waals surface area contributed by atoms with Crippen molar-refractivity contribution in [2.24, 2.45) is 0 Å². The number of nitrogens with one attached hydrogen (secondary N) is 1. The molecule has 1 atom stereocenters. The van der Waals surface area contributed by atoms with Crippen LogP contribution in [0.3, 0.4) is 0 Å². The third-order valence-corrected chi connectivity index (χ3v) is 2.91. The molecule has 0 saturated heterocycles. The van der Waals surface area contributed by atoms with Crippen molar-refractivity contribution in [1.29, 1.82) is 0 Å². The number of benzene rings is 2. The smallest absolute Gasteiger partial charge is 0.124 e. The molecular formula is C14H13ClFN. The van der Waals surface area contributed by atoms with Gasteiger partial charge in [-0.2, -0.15) is 0 Å². The molecule has 1 nitrogen and oxygen atoms in total. The SMILES string of the molecule is CC(Nc1ccccc1)c1ccc(F)cc1Cl. The van der Waals surface area contributed by atoms with Crippen molar-refractivity contribution < 1.29 is 4.39 Å². The molecule has 0 fully saturated rings. The van der Waals surface area contributed by atoms with Gasteiger partial charge in [-0.15, -0.1) is 0 Å². The first-order chi connectivity index (χ1) is 8.16. The van der Waals surface area contributed by atoms with E-state index in [0.29, 0.717) is 5.02 Å². The van der Waals surface area contributed by atoms with Crippen molar-refractivity contribution >= 4 is 17.3 Å². The lowest BCUT2D eigenvalue weighted by molar-refractivity contribution is 0.626. The Balaban J connectivity index is 2.17. The average Bonchev–Trinajstić information content (AvgIpc) is 2.30. The van der Waals surface area contributed by atoms with E-state index in [0.717, 1.165) is 11.3 Å². The Hall–Kier alpha value is -1.54. The fourth-order valence-corrected chi connectivity index (χ4v) is 2.05. The zero-order valence-corrected chi connectivity index (χ0v) is 10.2. The Labute approximate surface area is 105 Å². The third-order valence-electron chi connectivity index (χ3n) is 2.59. The Morgan fingerprint density at radius 1 is 1.12 bits per heavy atom. The first-order valence-corrected chi connectivity index (χ1v) is 5.81. The van der Waals surface area contributed by atoms with Gasteiger partial charge in [-0.3, -0.25) is 0 Å². The third kappa shape index (κ3) is 2.98.